The van der Waals surface area contributed by atoms with E-state index in [0.717, 1.165) is 12.0 Å². The van der Waals surface area contributed by atoms with E-state index in [1.54, 1.807) is 0 Å². The first kappa shape index (κ1) is 13.2. The summed E-state index contributed by atoms with van der Waals surface area (Å²) in [6.45, 7) is 2.22. The standard InChI is InChI=1S/C14H22O2/c1-2-3-4-5-12-6-8-13(9-7-12)14(10-15)11-16/h6-9,14-16H,2-5,10-11H2,1H3. The summed E-state index contributed by atoms with van der Waals surface area (Å²) in [4.78, 5) is 0. The molecule has 1 aromatic carbocycles. The van der Waals surface area contributed by atoms with Gasteiger partial charge in [0.15, 0.2) is 0 Å². The van der Waals surface area contributed by atoms with E-state index < -0.39 is 0 Å². The summed E-state index contributed by atoms with van der Waals surface area (Å²) >= 11 is 0. The first-order valence-electron chi connectivity index (χ1n) is 6.12. The van der Waals surface area contributed by atoms with Crippen molar-refractivity contribution >= 4 is 0 Å². The fourth-order valence-electron chi connectivity index (χ4n) is 1.80. The molecule has 2 heteroatoms. The van der Waals surface area contributed by atoms with Crippen LogP contribution in [0.5, 0.6) is 0 Å². The Hall–Kier alpha value is -0.860. The maximum absolute atomic E-state index is 9.06. The average molecular weight is 222 g/mol. The van der Waals surface area contributed by atoms with Gasteiger partial charge in [0, 0.05) is 5.92 Å². The zero-order valence-corrected chi connectivity index (χ0v) is 10.0. The molecular formula is C14H22O2. The molecule has 0 saturated heterocycles. The molecule has 0 aromatic heterocycles. The molecule has 2 nitrogen and oxygen atoms in total. The van der Waals surface area contributed by atoms with Crippen molar-refractivity contribution in [3.05, 3.63) is 35.4 Å². The number of aliphatic hydroxyl groups is 2. The lowest BCUT2D eigenvalue weighted by atomic mass is 9.98. The van der Waals surface area contributed by atoms with Gasteiger partial charge in [-0.2, -0.15) is 0 Å². The minimum Gasteiger partial charge on any atom is -0.396 e. The molecule has 1 aromatic rings. The lowest BCUT2D eigenvalue weighted by molar-refractivity contribution is 0.192. The Balaban J connectivity index is 2.53. The second kappa shape index (κ2) is 7.42. The number of unbranched alkanes of at least 4 members (excludes halogenated alkanes) is 2. The smallest absolute Gasteiger partial charge is 0.0521 e. The Bertz CT molecular complexity index is 275. The van der Waals surface area contributed by atoms with Crippen LogP contribution in [0.15, 0.2) is 24.3 Å². The summed E-state index contributed by atoms with van der Waals surface area (Å²) in [5, 5.41) is 18.1. The predicted octanol–water partition coefficient (Wildman–Crippen LogP) is 2.49. The van der Waals surface area contributed by atoms with Gasteiger partial charge in [0.1, 0.15) is 0 Å². The van der Waals surface area contributed by atoms with Crippen molar-refractivity contribution in [1.29, 1.82) is 0 Å². The summed E-state index contributed by atoms with van der Waals surface area (Å²) < 4.78 is 0. The number of aliphatic hydroxyl groups excluding tert-OH is 2. The van der Waals surface area contributed by atoms with E-state index in [1.165, 1.54) is 24.8 Å². The van der Waals surface area contributed by atoms with E-state index in [-0.39, 0.29) is 19.1 Å². The number of hydrogen-bond donors (Lipinski definition) is 2. The molecule has 0 unspecified atom stereocenters. The van der Waals surface area contributed by atoms with Gasteiger partial charge >= 0.3 is 0 Å². The maximum Gasteiger partial charge on any atom is 0.0521 e. The summed E-state index contributed by atoms with van der Waals surface area (Å²) in [7, 11) is 0. The highest BCUT2D eigenvalue weighted by molar-refractivity contribution is 5.25. The molecule has 0 atom stereocenters. The Morgan fingerprint density at radius 3 is 2.12 bits per heavy atom. The fourth-order valence-corrected chi connectivity index (χ4v) is 1.80. The number of benzene rings is 1. The summed E-state index contributed by atoms with van der Waals surface area (Å²) in [6, 6.07) is 8.23. The molecule has 16 heavy (non-hydrogen) atoms. The second-order valence-corrected chi connectivity index (χ2v) is 4.26. The SMILES string of the molecule is CCCCCc1ccc(C(CO)CO)cc1. The van der Waals surface area contributed by atoms with E-state index >= 15 is 0 Å². The summed E-state index contributed by atoms with van der Waals surface area (Å²) in [5.41, 5.74) is 2.36. The van der Waals surface area contributed by atoms with Gasteiger partial charge in [0.05, 0.1) is 13.2 Å². The predicted molar refractivity (Wildman–Crippen MR) is 66.6 cm³/mol. The third-order valence-electron chi connectivity index (χ3n) is 2.96. The van der Waals surface area contributed by atoms with Gasteiger partial charge in [-0.3, -0.25) is 0 Å². The molecule has 0 spiro atoms. The molecule has 0 amide bonds. The Morgan fingerprint density at radius 2 is 1.62 bits per heavy atom. The lowest BCUT2D eigenvalue weighted by Gasteiger charge is -2.11. The monoisotopic (exact) mass is 222 g/mol. The quantitative estimate of drug-likeness (QED) is 0.696. The minimum absolute atomic E-state index is 0.00564. The van der Waals surface area contributed by atoms with Gasteiger partial charge in [-0.15, -0.1) is 0 Å². The van der Waals surface area contributed by atoms with Gasteiger partial charge in [0.25, 0.3) is 0 Å². The van der Waals surface area contributed by atoms with E-state index in [0.29, 0.717) is 0 Å². The van der Waals surface area contributed by atoms with Crippen LogP contribution in [-0.2, 0) is 6.42 Å². The first-order chi connectivity index (χ1) is 7.81. The lowest BCUT2D eigenvalue weighted by Crippen LogP contribution is -2.08. The largest absolute Gasteiger partial charge is 0.396 e. The fraction of sp³-hybridized carbons (Fsp3) is 0.571. The van der Waals surface area contributed by atoms with Gasteiger partial charge in [-0.25, -0.2) is 0 Å². The third-order valence-corrected chi connectivity index (χ3v) is 2.96. The molecule has 90 valence electrons. The molecule has 0 saturated carbocycles. The maximum atomic E-state index is 9.06. The number of rotatable bonds is 7. The van der Waals surface area contributed by atoms with E-state index in [2.05, 4.69) is 19.1 Å². The van der Waals surface area contributed by atoms with Crippen LogP contribution in [-0.4, -0.2) is 23.4 Å². The third kappa shape index (κ3) is 3.95. The molecule has 0 bridgehead atoms. The second-order valence-electron chi connectivity index (χ2n) is 4.26. The van der Waals surface area contributed by atoms with Crippen molar-refractivity contribution in [2.75, 3.05) is 13.2 Å². The highest BCUT2D eigenvalue weighted by atomic mass is 16.3. The van der Waals surface area contributed by atoms with Crippen LogP contribution in [0.2, 0.25) is 0 Å². The Labute approximate surface area is 97.9 Å². The molecule has 2 N–H and O–H groups in total. The zero-order chi connectivity index (χ0) is 11.8. The molecule has 0 aliphatic heterocycles. The van der Waals surface area contributed by atoms with Gasteiger partial charge in [0.2, 0.25) is 0 Å². The highest BCUT2D eigenvalue weighted by Gasteiger charge is 2.08. The number of aryl methyl sites for hydroxylation is 1. The van der Waals surface area contributed by atoms with Crippen molar-refractivity contribution < 1.29 is 10.2 Å². The van der Waals surface area contributed by atoms with E-state index in [9.17, 15) is 0 Å². The van der Waals surface area contributed by atoms with Crippen LogP contribution < -0.4 is 0 Å². The number of hydrogen-bond acceptors (Lipinski definition) is 2. The first-order valence-corrected chi connectivity index (χ1v) is 6.12. The summed E-state index contributed by atoms with van der Waals surface area (Å²) in [6.07, 6.45) is 4.88. The van der Waals surface area contributed by atoms with Crippen molar-refractivity contribution in [3.63, 3.8) is 0 Å². The molecule has 0 aliphatic carbocycles. The van der Waals surface area contributed by atoms with E-state index in [1.807, 2.05) is 12.1 Å². The molecule has 1 rings (SSSR count). The molecule has 0 aliphatic rings. The minimum atomic E-state index is -0.135. The van der Waals surface area contributed by atoms with Crippen LogP contribution in [0.4, 0.5) is 0 Å². The molecular weight excluding hydrogens is 200 g/mol. The highest BCUT2D eigenvalue weighted by Crippen LogP contribution is 2.16. The zero-order valence-electron chi connectivity index (χ0n) is 10.0. The van der Waals surface area contributed by atoms with Crippen LogP contribution in [0.1, 0.15) is 43.2 Å². The summed E-state index contributed by atoms with van der Waals surface area (Å²) in [5.74, 6) is -0.135. The van der Waals surface area contributed by atoms with Crippen molar-refractivity contribution in [2.24, 2.45) is 0 Å². The van der Waals surface area contributed by atoms with Gasteiger partial charge in [-0.1, -0.05) is 44.0 Å². The van der Waals surface area contributed by atoms with Crippen LogP contribution in [0.25, 0.3) is 0 Å². The van der Waals surface area contributed by atoms with E-state index in [4.69, 9.17) is 10.2 Å². The van der Waals surface area contributed by atoms with Crippen molar-refractivity contribution in [2.45, 2.75) is 38.5 Å². The average Bonchev–Trinajstić information content (AvgIpc) is 2.33. The van der Waals surface area contributed by atoms with Crippen LogP contribution >= 0.6 is 0 Å². The van der Waals surface area contributed by atoms with Crippen LogP contribution in [0.3, 0.4) is 0 Å². The van der Waals surface area contributed by atoms with Crippen molar-refractivity contribution in [1.82, 2.24) is 0 Å². The molecule has 0 fully saturated rings. The topological polar surface area (TPSA) is 40.5 Å². The Kier molecular flexibility index (Phi) is 6.12. The normalized spacial score (nSPS) is 11.0. The van der Waals surface area contributed by atoms with Crippen LogP contribution in [0, 0.1) is 0 Å². The molecule has 0 heterocycles. The van der Waals surface area contributed by atoms with Gasteiger partial charge < -0.3 is 10.2 Å². The molecule has 0 radical (unpaired) electrons. The van der Waals surface area contributed by atoms with Crippen molar-refractivity contribution in [3.8, 4) is 0 Å². The van der Waals surface area contributed by atoms with Gasteiger partial charge in [-0.05, 0) is 24.0 Å². The Morgan fingerprint density at radius 1 is 1.00 bits per heavy atom.